The largest absolute Gasteiger partial charge is 0.207 e. The Morgan fingerprint density at radius 2 is 0.553 bits per heavy atom. The van der Waals surface area contributed by atoms with Crippen LogP contribution in [0.3, 0.4) is 0 Å². The summed E-state index contributed by atoms with van der Waals surface area (Å²) in [4.78, 5) is 6.62. The van der Waals surface area contributed by atoms with Crippen LogP contribution in [-0.2, 0) is 10.9 Å². The van der Waals surface area contributed by atoms with E-state index in [2.05, 4.69) is 166 Å². The molecule has 0 saturated carbocycles. The van der Waals surface area contributed by atoms with Crippen LogP contribution in [0.5, 0.6) is 0 Å². The molecule has 0 aliphatic heterocycles. The average Bonchev–Trinajstić information content (AvgIpc) is 1.15. The minimum Gasteiger partial charge on any atom is -0.207 e. The first-order chi connectivity index (χ1) is 40.4. The van der Waals surface area contributed by atoms with E-state index in [0.29, 0.717) is 0 Å². The summed E-state index contributed by atoms with van der Waals surface area (Å²) in [5.41, 5.74) is -6.70. The summed E-state index contributed by atoms with van der Waals surface area (Å²) < 4.78 is 294. The van der Waals surface area contributed by atoms with Gasteiger partial charge in [0, 0.05) is 15.4 Å². The van der Waals surface area contributed by atoms with Gasteiger partial charge in [0.25, 0.3) is 0 Å². The third-order valence-corrected chi connectivity index (χ3v) is 17.3. The van der Waals surface area contributed by atoms with Crippen molar-refractivity contribution >= 4 is 50.7 Å². The van der Waals surface area contributed by atoms with E-state index in [1.807, 2.05) is 11.8 Å². The zero-order valence-corrected chi connectivity index (χ0v) is 44.5. The molecule has 23 heteroatoms. The van der Waals surface area contributed by atoms with E-state index < -0.39 is 144 Å². The summed E-state index contributed by atoms with van der Waals surface area (Å²) in [6.07, 6.45) is -7.22. The van der Waals surface area contributed by atoms with Gasteiger partial charge in [-0.2, -0.15) is 0 Å². The molecule has 10 aromatic rings. The second-order valence-electron chi connectivity index (χ2n) is 18.7. The first-order valence-electron chi connectivity index (χ1n) is 24.5. The molecule has 0 amide bonds. The average molecular weight is 1230 g/mol. The highest BCUT2D eigenvalue weighted by Crippen LogP contribution is 2.39. The van der Waals surface area contributed by atoms with Crippen molar-refractivity contribution in [3.05, 3.63) is 279 Å². The standard InChI is InChI=1S/C38H31S2.C24BF20/c1-28-11-9-10-16-38(28)40(35-23-19-33(20-24-35)31-14-7-4-8-15-31)36-25-26-37(29(2)27-36)39-34-21-17-32(18-22-34)30-12-5-3-6-13-30;26-5-1(6(27)14(35)21(42)13(5)34)25(2-7(28)15(36)22(43)16(37)8(2)29,3-9(30)17(38)23(44)18(39)10(3)31)4-11(32)19(40)24(45)20(41)12(4)33/h3-27H,1-2H3;/q+1;-1. The number of aryl methyl sites for hydroxylation is 2. The van der Waals surface area contributed by atoms with Gasteiger partial charge in [-0.25, -0.2) is 87.8 Å². The maximum Gasteiger partial charge on any atom is 0.200 e. The number of halogens is 20. The minimum absolute atomic E-state index is 0.189. The van der Waals surface area contributed by atoms with Gasteiger partial charge >= 0.3 is 0 Å². The molecule has 85 heavy (non-hydrogen) atoms. The zero-order valence-electron chi connectivity index (χ0n) is 42.9. The van der Waals surface area contributed by atoms with Crippen LogP contribution in [0.15, 0.2) is 176 Å². The molecule has 1 unspecified atom stereocenters. The normalized spacial score (nSPS) is 11.9. The van der Waals surface area contributed by atoms with Crippen LogP contribution in [-0.4, -0.2) is 6.15 Å². The first kappa shape index (κ1) is 61.1. The summed E-state index contributed by atoms with van der Waals surface area (Å²) >= 11 is 1.84. The fourth-order valence-corrected chi connectivity index (χ4v) is 13.0. The van der Waals surface area contributed by atoms with Crippen molar-refractivity contribution < 1.29 is 87.8 Å². The number of rotatable bonds is 11. The quantitative estimate of drug-likeness (QED) is 0.0409. The van der Waals surface area contributed by atoms with Gasteiger partial charge in [0.2, 0.25) is 0 Å². The van der Waals surface area contributed by atoms with Crippen molar-refractivity contribution in [2.75, 3.05) is 0 Å². The van der Waals surface area contributed by atoms with Crippen LogP contribution < -0.4 is 21.9 Å². The molecule has 0 bridgehead atoms. The molecular weight excluding hydrogens is 1200 g/mol. The molecule has 0 N–H and O–H groups in total. The topological polar surface area (TPSA) is 0 Å². The van der Waals surface area contributed by atoms with Gasteiger partial charge in [-0.1, -0.05) is 103 Å². The molecule has 10 aromatic carbocycles. The molecule has 434 valence electrons. The summed E-state index contributed by atoms with van der Waals surface area (Å²) in [6, 6.07) is 55.0. The third kappa shape index (κ3) is 10.7. The van der Waals surface area contributed by atoms with Crippen LogP contribution in [0.1, 0.15) is 11.1 Å². The molecule has 0 aliphatic rings. The van der Waals surface area contributed by atoms with Gasteiger partial charge in [-0.15, -0.1) is 21.9 Å². The van der Waals surface area contributed by atoms with Gasteiger partial charge in [-0.3, -0.25) is 0 Å². The van der Waals surface area contributed by atoms with Crippen LogP contribution in [0.25, 0.3) is 22.3 Å². The molecule has 0 saturated heterocycles. The highest BCUT2D eigenvalue weighted by molar-refractivity contribution is 7.99. The van der Waals surface area contributed by atoms with Crippen molar-refractivity contribution in [3.63, 3.8) is 0 Å². The molecule has 1 atom stereocenters. The third-order valence-electron chi connectivity index (χ3n) is 13.8. The second-order valence-corrected chi connectivity index (χ2v) is 21.8. The predicted molar refractivity (Wildman–Crippen MR) is 282 cm³/mol. The van der Waals surface area contributed by atoms with E-state index in [0.717, 1.165) is 0 Å². The highest BCUT2D eigenvalue weighted by atomic mass is 32.2. The van der Waals surface area contributed by atoms with Crippen LogP contribution in [0.2, 0.25) is 0 Å². The van der Waals surface area contributed by atoms with Crippen molar-refractivity contribution in [1.82, 2.24) is 0 Å². The second kappa shape index (κ2) is 24.3. The van der Waals surface area contributed by atoms with E-state index >= 15 is 35.1 Å². The summed E-state index contributed by atoms with van der Waals surface area (Å²) in [7, 11) is -0.189. The van der Waals surface area contributed by atoms with Crippen molar-refractivity contribution in [2.24, 2.45) is 0 Å². The Kier molecular flexibility index (Phi) is 17.5. The summed E-state index contributed by atoms with van der Waals surface area (Å²) in [5, 5.41) is 0. The maximum atomic E-state index is 15.4. The Morgan fingerprint density at radius 3 is 0.882 bits per heavy atom. The Labute approximate surface area is 476 Å². The number of hydrogen-bond acceptors (Lipinski definition) is 1. The Balaban J connectivity index is 0.000000205. The Morgan fingerprint density at radius 1 is 0.271 bits per heavy atom. The van der Waals surface area contributed by atoms with Crippen LogP contribution in [0, 0.1) is 130 Å². The van der Waals surface area contributed by atoms with Crippen LogP contribution in [0.4, 0.5) is 87.8 Å². The van der Waals surface area contributed by atoms with E-state index in [1.54, 1.807) is 0 Å². The maximum absolute atomic E-state index is 15.4. The minimum atomic E-state index is -7.22. The monoisotopic (exact) mass is 1230 g/mol. The lowest BCUT2D eigenvalue weighted by Gasteiger charge is -2.44. The molecule has 0 spiro atoms. The lowest BCUT2D eigenvalue weighted by molar-refractivity contribution is 0.378. The smallest absolute Gasteiger partial charge is 0.200 e. The fraction of sp³-hybridized carbons (Fsp3) is 0.0323. The SMILES string of the molecule is Cc1cc([S+](c2ccc(-c3ccccc3)cc2)c2ccccc2C)ccc1Sc1ccc(-c2ccccc2)cc1.Fc1c(F)c(F)c([B-](c2c(F)c(F)c(F)c(F)c2F)(c2c(F)c(F)c(F)c(F)c2F)c2c(F)c(F)c(F)c(F)c2F)c(F)c1F. The summed E-state index contributed by atoms with van der Waals surface area (Å²) in [6.45, 7) is 4.46. The number of hydrogen-bond donors (Lipinski definition) is 0. The van der Waals surface area contributed by atoms with E-state index in [9.17, 15) is 52.7 Å². The predicted octanol–water partition coefficient (Wildman–Crippen LogP) is 16.7. The van der Waals surface area contributed by atoms with E-state index in [1.165, 1.54) is 57.9 Å². The van der Waals surface area contributed by atoms with Gasteiger partial charge < -0.3 is 0 Å². The van der Waals surface area contributed by atoms with Gasteiger partial charge in [-0.05, 0) is 102 Å². The molecule has 10 rings (SSSR count). The molecule has 0 nitrogen and oxygen atoms in total. The molecule has 0 fully saturated rings. The Bertz CT molecular complexity index is 3840. The molecule has 0 aliphatic carbocycles. The van der Waals surface area contributed by atoms with Gasteiger partial charge in [0.1, 0.15) is 52.7 Å². The Hall–Kier alpha value is -8.44. The highest BCUT2D eigenvalue weighted by Gasteiger charge is 2.52. The van der Waals surface area contributed by atoms with Crippen LogP contribution >= 0.6 is 11.8 Å². The van der Waals surface area contributed by atoms with E-state index in [-0.39, 0.29) is 10.9 Å². The molecule has 0 heterocycles. The van der Waals surface area contributed by atoms with Gasteiger partial charge in [0.15, 0.2) is 84.5 Å². The van der Waals surface area contributed by atoms with Crippen molar-refractivity contribution in [1.29, 1.82) is 0 Å². The molecular formula is C62H31BF20S2. The lowest BCUT2D eigenvalue weighted by Crippen LogP contribution is -2.81. The van der Waals surface area contributed by atoms with Crippen molar-refractivity contribution in [2.45, 2.75) is 38.3 Å². The first-order valence-corrected chi connectivity index (χ1v) is 26.5. The summed E-state index contributed by atoms with van der Waals surface area (Å²) in [5.74, 6) is -71.4. The molecule has 0 aromatic heterocycles. The van der Waals surface area contributed by atoms with Gasteiger partial charge in [0.05, 0.1) is 10.9 Å². The van der Waals surface area contributed by atoms with Crippen molar-refractivity contribution in [3.8, 4) is 22.3 Å². The molecule has 0 radical (unpaired) electrons. The zero-order chi connectivity index (χ0) is 61.7. The van der Waals surface area contributed by atoms with E-state index in [4.69, 9.17) is 0 Å². The fourth-order valence-electron chi connectivity index (χ4n) is 9.80. The number of benzene rings is 10. The lowest BCUT2D eigenvalue weighted by atomic mass is 9.12.